The lowest BCUT2D eigenvalue weighted by Crippen LogP contribution is -2.04. The van der Waals surface area contributed by atoms with Gasteiger partial charge in [0.15, 0.2) is 0 Å². The SMILES string of the molecule is COc1c(C)c(C)c(OC)c(Cc2cccnc2)c1C. The van der Waals surface area contributed by atoms with Crippen LogP contribution in [0.15, 0.2) is 24.5 Å². The first kappa shape index (κ1) is 14.4. The summed E-state index contributed by atoms with van der Waals surface area (Å²) in [5.74, 6) is 1.90. The van der Waals surface area contributed by atoms with Gasteiger partial charge in [0.1, 0.15) is 11.5 Å². The van der Waals surface area contributed by atoms with Crippen LogP contribution in [0.1, 0.15) is 27.8 Å². The minimum absolute atomic E-state index is 0.792. The fourth-order valence-corrected chi connectivity index (χ4v) is 2.66. The second kappa shape index (κ2) is 5.95. The van der Waals surface area contributed by atoms with E-state index in [-0.39, 0.29) is 0 Å². The number of rotatable bonds is 4. The van der Waals surface area contributed by atoms with Crippen molar-refractivity contribution < 1.29 is 9.47 Å². The van der Waals surface area contributed by atoms with E-state index in [1.165, 1.54) is 11.1 Å². The number of pyridine rings is 1. The molecule has 0 spiro atoms. The number of benzene rings is 1. The van der Waals surface area contributed by atoms with Gasteiger partial charge in [-0.2, -0.15) is 0 Å². The Morgan fingerprint density at radius 1 is 0.950 bits per heavy atom. The van der Waals surface area contributed by atoms with Crippen LogP contribution in [-0.4, -0.2) is 19.2 Å². The first-order chi connectivity index (χ1) is 9.60. The van der Waals surface area contributed by atoms with Crippen LogP contribution in [0.5, 0.6) is 11.5 Å². The molecule has 0 unspecified atom stereocenters. The van der Waals surface area contributed by atoms with Crippen LogP contribution >= 0.6 is 0 Å². The third-order valence-corrected chi connectivity index (χ3v) is 3.82. The van der Waals surface area contributed by atoms with Gasteiger partial charge in [-0.15, -0.1) is 0 Å². The normalized spacial score (nSPS) is 10.4. The van der Waals surface area contributed by atoms with Crippen molar-refractivity contribution >= 4 is 0 Å². The fourth-order valence-electron chi connectivity index (χ4n) is 2.66. The molecule has 0 amide bonds. The lowest BCUT2D eigenvalue weighted by Gasteiger charge is -2.20. The Hall–Kier alpha value is -2.03. The van der Waals surface area contributed by atoms with Crippen LogP contribution < -0.4 is 9.47 Å². The number of aromatic nitrogens is 1. The minimum atomic E-state index is 0.792. The van der Waals surface area contributed by atoms with Crippen LogP contribution in [0.4, 0.5) is 0 Å². The molecule has 20 heavy (non-hydrogen) atoms. The molecular weight excluding hydrogens is 250 g/mol. The van der Waals surface area contributed by atoms with E-state index in [0.717, 1.165) is 34.6 Å². The molecule has 0 fully saturated rings. The summed E-state index contributed by atoms with van der Waals surface area (Å²) in [5.41, 5.74) is 5.74. The summed E-state index contributed by atoms with van der Waals surface area (Å²) in [7, 11) is 3.44. The van der Waals surface area contributed by atoms with Crippen molar-refractivity contribution in [3.63, 3.8) is 0 Å². The van der Waals surface area contributed by atoms with Gasteiger partial charge in [-0.05, 0) is 49.1 Å². The van der Waals surface area contributed by atoms with Crippen molar-refractivity contribution in [2.24, 2.45) is 0 Å². The Labute approximate surface area is 120 Å². The fraction of sp³-hybridized carbons (Fsp3) is 0.353. The van der Waals surface area contributed by atoms with E-state index in [1.807, 2.05) is 12.3 Å². The molecule has 0 saturated carbocycles. The van der Waals surface area contributed by atoms with Gasteiger partial charge in [-0.3, -0.25) is 4.98 Å². The maximum atomic E-state index is 5.63. The van der Waals surface area contributed by atoms with Crippen molar-refractivity contribution in [2.45, 2.75) is 27.2 Å². The summed E-state index contributed by atoms with van der Waals surface area (Å²) in [4.78, 5) is 4.18. The lowest BCUT2D eigenvalue weighted by atomic mass is 9.93. The van der Waals surface area contributed by atoms with Crippen LogP contribution in [0, 0.1) is 20.8 Å². The zero-order chi connectivity index (χ0) is 14.7. The predicted octanol–water partition coefficient (Wildman–Crippen LogP) is 3.61. The average Bonchev–Trinajstić information content (AvgIpc) is 2.47. The highest BCUT2D eigenvalue weighted by Crippen LogP contribution is 2.38. The Bertz CT molecular complexity index is 606. The number of hydrogen-bond acceptors (Lipinski definition) is 3. The molecule has 1 aromatic carbocycles. The van der Waals surface area contributed by atoms with Gasteiger partial charge in [-0.1, -0.05) is 6.07 Å². The number of nitrogens with zero attached hydrogens (tertiary/aromatic N) is 1. The molecule has 0 atom stereocenters. The molecular formula is C17H21NO2. The summed E-state index contributed by atoms with van der Waals surface area (Å²) >= 11 is 0. The topological polar surface area (TPSA) is 31.4 Å². The molecule has 0 aliphatic rings. The van der Waals surface area contributed by atoms with Crippen molar-refractivity contribution in [1.82, 2.24) is 4.98 Å². The van der Waals surface area contributed by atoms with Gasteiger partial charge >= 0.3 is 0 Å². The molecule has 1 heterocycles. The second-order valence-electron chi connectivity index (χ2n) is 4.96. The summed E-state index contributed by atoms with van der Waals surface area (Å²) in [5, 5.41) is 0. The summed E-state index contributed by atoms with van der Waals surface area (Å²) in [6.45, 7) is 6.22. The molecule has 0 bridgehead atoms. The minimum Gasteiger partial charge on any atom is -0.496 e. The van der Waals surface area contributed by atoms with Crippen molar-refractivity contribution in [3.05, 3.63) is 52.3 Å². The third-order valence-electron chi connectivity index (χ3n) is 3.82. The van der Waals surface area contributed by atoms with E-state index in [2.05, 4.69) is 31.8 Å². The molecule has 1 aromatic heterocycles. The largest absolute Gasteiger partial charge is 0.496 e. The van der Waals surface area contributed by atoms with E-state index >= 15 is 0 Å². The monoisotopic (exact) mass is 271 g/mol. The first-order valence-corrected chi connectivity index (χ1v) is 6.69. The summed E-state index contributed by atoms with van der Waals surface area (Å²) < 4.78 is 11.2. The molecule has 0 aliphatic heterocycles. The predicted molar refractivity (Wildman–Crippen MR) is 80.8 cm³/mol. The first-order valence-electron chi connectivity index (χ1n) is 6.69. The molecule has 3 heteroatoms. The van der Waals surface area contributed by atoms with Crippen LogP contribution in [-0.2, 0) is 6.42 Å². The van der Waals surface area contributed by atoms with E-state index in [0.29, 0.717) is 0 Å². The van der Waals surface area contributed by atoms with E-state index in [4.69, 9.17) is 9.47 Å². The van der Waals surface area contributed by atoms with Crippen molar-refractivity contribution in [2.75, 3.05) is 14.2 Å². The highest BCUT2D eigenvalue weighted by Gasteiger charge is 2.18. The molecule has 0 N–H and O–H groups in total. The van der Waals surface area contributed by atoms with Crippen LogP contribution in [0.2, 0.25) is 0 Å². The standard InChI is InChI=1S/C17H21NO2/c1-11-12(2)17(20-5)15(13(3)16(11)19-4)9-14-7-6-8-18-10-14/h6-8,10H,9H2,1-5H3. The van der Waals surface area contributed by atoms with Crippen molar-refractivity contribution in [3.8, 4) is 11.5 Å². The highest BCUT2D eigenvalue weighted by atomic mass is 16.5. The van der Waals surface area contributed by atoms with Crippen LogP contribution in [0.3, 0.4) is 0 Å². The molecule has 2 aromatic rings. The van der Waals surface area contributed by atoms with E-state index < -0.39 is 0 Å². The van der Waals surface area contributed by atoms with Gasteiger partial charge in [0, 0.05) is 24.4 Å². The summed E-state index contributed by atoms with van der Waals surface area (Å²) in [6.07, 6.45) is 4.47. The Morgan fingerprint density at radius 3 is 2.15 bits per heavy atom. The maximum Gasteiger partial charge on any atom is 0.126 e. The molecule has 0 radical (unpaired) electrons. The Morgan fingerprint density at radius 2 is 1.60 bits per heavy atom. The number of ether oxygens (including phenoxy) is 2. The number of methoxy groups -OCH3 is 2. The maximum absolute atomic E-state index is 5.63. The van der Waals surface area contributed by atoms with Gasteiger partial charge in [0.2, 0.25) is 0 Å². The van der Waals surface area contributed by atoms with E-state index in [9.17, 15) is 0 Å². The summed E-state index contributed by atoms with van der Waals surface area (Å²) in [6, 6.07) is 4.03. The lowest BCUT2D eigenvalue weighted by molar-refractivity contribution is 0.391. The third kappa shape index (κ3) is 2.48. The molecule has 2 rings (SSSR count). The second-order valence-corrected chi connectivity index (χ2v) is 4.96. The highest BCUT2D eigenvalue weighted by molar-refractivity contribution is 5.59. The quantitative estimate of drug-likeness (QED) is 0.851. The smallest absolute Gasteiger partial charge is 0.126 e. The zero-order valence-corrected chi connectivity index (χ0v) is 12.8. The molecule has 0 aliphatic carbocycles. The van der Waals surface area contributed by atoms with Gasteiger partial charge in [0.25, 0.3) is 0 Å². The Balaban J connectivity index is 2.59. The van der Waals surface area contributed by atoms with Gasteiger partial charge in [0.05, 0.1) is 14.2 Å². The average molecular weight is 271 g/mol. The number of hydrogen-bond donors (Lipinski definition) is 0. The van der Waals surface area contributed by atoms with Crippen molar-refractivity contribution in [1.29, 1.82) is 0 Å². The molecule has 0 saturated heterocycles. The van der Waals surface area contributed by atoms with E-state index in [1.54, 1.807) is 20.4 Å². The van der Waals surface area contributed by atoms with Gasteiger partial charge < -0.3 is 9.47 Å². The van der Waals surface area contributed by atoms with Gasteiger partial charge in [-0.25, -0.2) is 0 Å². The molecule has 3 nitrogen and oxygen atoms in total. The molecule has 106 valence electrons. The van der Waals surface area contributed by atoms with Crippen LogP contribution in [0.25, 0.3) is 0 Å². The Kier molecular flexibility index (Phi) is 4.28. The zero-order valence-electron chi connectivity index (χ0n) is 12.8.